The first-order chi connectivity index (χ1) is 11.2. The molecule has 0 saturated carbocycles. The molecule has 0 amide bonds. The first kappa shape index (κ1) is 19.8. The van der Waals surface area contributed by atoms with Gasteiger partial charge in [0.25, 0.3) is 0 Å². The summed E-state index contributed by atoms with van der Waals surface area (Å²) in [6, 6.07) is 12.6. The summed E-state index contributed by atoms with van der Waals surface area (Å²) in [7, 11) is -2.75. The summed E-state index contributed by atoms with van der Waals surface area (Å²) in [6.07, 6.45) is -1.25. The third-order valence-corrected chi connectivity index (χ3v) is 6.12. The molecule has 0 aliphatic rings. The SMILES string of the molecule is CO[C@H](NS(=O)(=O)c1ccc(Cl)cc1Cl)C(Cl)(Cl)c1ccccc1. The Morgan fingerprint density at radius 2 is 1.71 bits per heavy atom. The molecule has 0 heterocycles. The molecule has 0 saturated heterocycles. The molecule has 2 rings (SSSR count). The van der Waals surface area contributed by atoms with Crippen LogP contribution in [0, 0.1) is 0 Å². The largest absolute Gasteiger partial charge is 0.362 e. The predicted octanol–water partition coefficient (Wildman–Crippen LogP) is 4.57. The number of nitrogens with one attached hydrogen (secondary N) is 1. The number of methoxy groups -OCH3 is 1. The third-order valence-electron chi connectivity index (χ3n) is 3.17. The number of hydrogen-bond donors (Lipinski definition) is 1. The van der Waals surface area contributed by atoms with E-state index >= 15 is 0 Å². The van der Waals surface area contributed by atoms with E-state index in [2.05, 4.69) is 4.72 Å². The maximum absolute atomic E-state index is 12.6. The van der Waals surface area contributed by atoms with E-state index in [4.69, 9.17) is 51.1 Å². The maximum atomic E-state index is 12.6. The van der Waals surface area contributed by atoms with Gasteiger partial charge in [-0.15, -0.1) is 0 Å². The minimum atomic E-state index is -4.04. The third kappa shape index (κ3) is 4.35. The Bertz CT molecular complexity index is 813. The molecule has 130 valence electrons. The van der Waals surface area contributed by atoms with Gasteiger partial charge in [0.1, 0.15) is 4.90 Å². The van der Waals surface area contributed by atoms with Crippen LogP contribution in [0.4, 0.5) is 0 Å². The monoisotopic (exact) mass is 427 g/mol. The van der Waals surface area contributed by atoms with Crippen LogP contribution < -0.4 is 4.72 Å². The van der Waals surface area contributed by atoms with E-state index in [-0.39, 0.29) is 9.92 Å². The van der Waals surface area contributed by atoms with E-state index in [1.54, 1.807) is 30.3 Å². The van der Waals surface area contributed by atoms with Gasteiger partial charge in [0.15, 0.2) is 10.6 Å². The van der Waals surface area contributed by atoms with Gasteiger partial charge in [0.2, 0.25) is 10.0 Å². The second-order valence-electron chi connectivity index (χ2n) is 4.80. The van der Waals surface area contributed by atoms with Gasteiger partial charge in [0, 0.05) is 12.1 Å². The summed E-state index contributed by atoms with van der Waals surface area (Å²) < 4.78 is 31.0. The van der Waals surface area contributed by atoms with Crippen LogP contribution >= 0.6 is 46.4 Å². The van der Waals surface area contributed by atoms with Gasteiger partial charge in [0.05, 0.1) is 5.02 Å². The summed E-state index contributed by atoms with van der Waals surface area (Å²) in [5, 5.41) is 0.287. The van der Waals surface area contributed by atoms with Crippen LogP contribution in [0.25, 0.3) is 0 Å². The zero-order chi connectivity index (χ0) is 18.0. The quantitative estimate of drug-likeness (QED) is 0.541. The van der Waals surface area contributed by atoms with Crippen molar-refractivity contribution in [3.63, 3.8) is 0 Å². The molecule has 0 radical (unpaired) electrons. The number of ether oxygens (including phenoxy) is 1. The molecule has 0 spiro atoms. The molecular weight excluding hydrogens is 416 g/mol. The minimum absolute atomic E-state index is 0.0284. The molecule has 1 atom stereocenters. The Labute approximate surface area is 160 Å². The van der Waals surface area contributed by atoms with Crippen molar-refractivity contribution in [3.05, 3.63) is 64.1 Å². The van der Waals surface area contributed by atoms with E-state index in [9.17, 15) is 8.42 Å². The van der Waals surface area contributed by atoms with E-state index in [0.717, 1.165) is 0 Å². The van der Waals surface area contributed by atoms with Crippen LogP contribution in [0.3, 0.4) is 0 Å². The van der Waals surface area contributed by atoms with E-state index in [0.29, 0.717) is 10.6 Å². The Balaban J connectivity index is 2.35. The van der Waals surface area contributed by atoms with Gasteiger partial charge in [-0.3, -0.25) is 0 Å². The van der Waals surface area contributed by atoms with Crippen molar-refractivity contribution in [1.82, 2.24) is 4.72 Å². The molecule has 1 N–H and O–H groups in total. The second-order valence-corrected chi connectivity index (χ2v) is 8.71. The highest BCUT2D eigenvalue weighted by molar-refractivity contribution is 7.89. The topological polar surface area (TPSA) is 55.4 Å². The normalized spacial score (nSPS) is 13.7. The summed E-state index contributed by atoms with van der Waals surface area (Å²) >= 11 is 24.4. The molecular formula is C15H13Cl4NO3S. The summed E-state index contributed by atoms with van der Waals surface area (Å²) in [5.74, 6) is 0. The van der Waals surface area contributed by atoms with Gasteiger partial charge < -0.3 is 4.74 Å². The van der Waals surface area contributed by atoms with E-state index in [1.807, 2.05) is 0 Å². The molecule has 9 heteroatoms. The number of sulfonamides is 1. The van der Waals surface area contributed by atoms with Gasteiger partial charge >= 0.3 is 0 Å². The van der Waals surface area contributed by atoms with Crippen LogP contribution in [0.1, 0.15) is 5.56 Å². The highest BCUT2D eigenvalue weighted by atomic mass is 35.5. The van der Waals surface area contributed by atoms with E-state index < -0.39 is 20.6 Å². The Kier molecular flexibility index (Phi) is 6.42. The van der Waals surface area contributed by atoms with Gasteiger partial charge in [-0.2, -0.15) is 4.72 Å². The van der Waals surface area contributed by atoms with Crippen molar-refractivity contribution >= 4 is 56.4 Å². The molecule has 0 fully saturated rings. The molecule has 24 heavy (non-hydrogen) atoms. The average molecular weight is 429 g/mol. The smallest absolute Gasteiger partial charge is 0.244 e. The van der Waals surface area contributed by atoms with Crippen molar-refractivity contribution in [2.75, 3.05) is 7.11 Å². The van der Waals surface area contributed by atoms with Crippen LogP contribution in [0.2, 0.25) is 10.0 Å². The van der Waals surface area contributed by atoms with Crippen molar-refractivity contribution in [2.45, 2.75) is 15.5 Å². The van der Waals surface area contributed by atoms with Crippen LogP contribution in [0.5, 0.6) is 0 Å². The first-order valence-corrected chi connectivity index (χ1v) is 9.61. The lowest BCUT2D eigenvalue weighted by Crippen LogP contribution is -2.46. The van der Waals surface area contributed by atoms with E-state index in [1.165, 1.54) is 25.3 Å². The predicted molar refractivity (Wildman–Crippen MR) is 97.4 cm³/mol. The minimum Gasteiger partial charge on any atom is -0.362 e. The fraction of sp³-hybridized carbons (Fsp3) is 0.200. The fourth-order valence-corrected chi connectivity index (χ4v) is 4.61. The van der Waals surface area contributed by atoms with Gasteiger partial charge in [-0.1, -0.05) is 76.7 Å². The van der Waals surface area contributed by atoms with Crippen molar-refractivity contribution in [3.8, 4) is 0 Å². The zero-order valence-corrected chi connectivity index (χ0v) is 16.2. The number of benzene rings is 2. The summed E-state index contributed by atoms with van der Waals surface area (Å²) in [4.78, 5) is -0.159. The highest BCUT2D eigenvalue weighted by Gasteiger charge is 2.40. The average Bonchev–Trinajstić information content (AvgIpc) is 2.53. The fourth-order valence-electron chi connectivity index (χ4n) is 1.98. The molecule has 0 aliphatic carbocycles. The molecule has 2 aromatic rings. The van der Waals surface area contributed by atoms with Crippen molar-refractivity contribution in [1.29, 1.82) is 0 Å². The lowest BCUT2D eigenvalue weighted by Gasteiger charge is -2.29. The lowest BCUT2D eigenvalue weighted by atomic mass is 10.1. The van der Waals surface area contributed by atoms with Crippen molar-refractivity contribution < 1.29 is 13.2 Å². The van der Waals surface area contributed by atoms with Gasteiger partial charge in [-0.05, 0) is 23.8 Å². The second kappa shape index (κ2) is 7.79. The molecule has 0 bridgehead atoms. The maximum Gasteiger partial charge on any atom is 0.244 e. The van der Waals surface area contributed by atoms with Crippen LogP contribution in [-0.2, 0) is 19.1 Å². The number of alkyl halides is 2. The standard InChI is InChI=1S/C15H13Cl4NO3S/c1-23-14(15(18,19)10-5-3-2-4-6-10)20-24(21,22)13-8-7-11(16)9-12(13)17/h2-9,14,20H,1H3/t14-/m0/s1. The Morgan fingerprint density at radius 1 is 1.08 bits per heavy atom. The Morgan fingerprint density at radius 3 is 2.25 bits per heavy atom. The molecule has 2 aromatic carbocycles. The summed E-state index contributed by atoms with van der Waals surface area (Å²) in [5.41, 5.74) is 0.477. The van der Waals surface area contributed by atoms with Crippen molar-refractivity contribution in [2.24, 2.45) is 0 Å². The summed E-state index contributed by atoms with van der Waals surface area (Å²) in [6.45, 7) is 0. The molecule has 0 aromatic heterocycles. The number of rotatable bonds is 6. The highest BCUT2D eigenvalue weighted by Crippen LogP contribution is 2.38. The lowest BCUT2D eigenvalue weighted by molar-refractivity contribution is 0.0788. The Hall–Kier alpha value is -0.530. The van der Waals surface area contributed by atoms with Gasteiger partial charge in [-0.25, -0.2) is 8.42 Å². The molecule has 4 nitrogen and oxygen atoms in total. The zero-order valence-electron chi connectivity index (χ0n) is 12.3. The molecule has 0 aliphatic heterocycles. The molecule has 0 unspecified atom stereocenters. The number of hydrogen-bond acceptors (Lipinski definition) is 3. The first-order valence-electron chi connectivity index (χ1n) is 6.62. The number of halogens is 4. The van der Waals surface area contributed by atoms with Crippen LogP contribution in [-0.4, -0.2) is 21.8 Å². The van der Waals surface area contributed by atoms with Crippen LogP contribution in [0.15, 0.2) is 53.4 Å².